The Morgan fingerprint density at radius 2 is 2.33 bits per heavy atom. The fourth-order valence-corrected chi connectivity index (χ4v) is 3.25. The van der Waals surface area contributed by atoms with Crippen molar-refractivity contribution in [3.63, 3.8) is 0 Å². The van der Waals surface area contributed by atoms with Gasteiger partial charge in [-0.15, -0.1) is 0 Å². The van der Waals surface area contributed by atoms with E-state index in [-0.39, 0.29) is 11.7 Å². The highest BCUT2D eigenvalue weighted by Gasteiger charge is 2.42. The molecule has 21 heavy (non-hydrogen) atoms. The fraction of sp³-hybridized carbons (Fsp3) is 0.588. The lowest BCUT2D eigenvalue weighted by molar-refractivity contribution is 0.228. The van der Waals surface area contributed by atoms with Crippen molar-refractivity contribution in [3.8, 4) is 11.8 Å². The van der Waals surface area contributed by atoms with Crippen LogP contribution in [0.5, 0.6) is 5.75 Å². The van der Waals surface area contributed by atoms with Crippen LogP contribution < -0.4 is 10.1 Å². The quantitative estimate of drug-likeness (QED) is 0.871. The summed E-state index contributed by atoms with van der Waals surface area (Å²) in [5.74, 6) is 0.288. The van der Waals surface area contributed by atoms with Gasteiger partial charge in [0.25, 0.3) is 0 Å². The van der Waals surface area contributed by atoms with Crippen molar-refractivity contribution < 1.29 is 9.13 Å². The lowest BCUT2D eigenvalue weighted by atomic mass is 9.86. The Hall–Kier alpha value is -1.60. The Morgan fingerprint density at radius 3 is 3.05 bits per heavy atom. The van der Waals surface area contributed by atoms with Crippen LogP contribution in [0, 0.1) is 30.0 Å². The predicted molar refractivity (Wildman–Crippen MR) is 80.6 cm³/mol. The molecule has 114 valence electrons. The summed E-state index contributed by atoms with van der Waals surface area (Å²) in [6.45, 7) is 4.98. The third-order valence-electron chi connectivity index (χ3n) is 4.39. The molecule has 1 N–H and O–H groups in total. The summed E-state index contributed by atoms with van der Waals surface area (Å²) in [4.78, 5) is 0. The summed E-state index contributed by atoms with van der Waals surface area (Å²) in [7, 11) is 0. The molecule has 1 saturated carbocycles. The summed E-state index contributed by atoms with van der Waals surface area (Å²) in [5.41, 5.74) is 0.163. The number of hydrogen-bond donors (Lipinski definition) is 1. The molecule has 1 fully saturated rings. The van der Waals surface area contributed by atoms with Gasteiger partial charge in [0.15, 0.2) is 11.6 Å². The zero-order chi connectivity index (χ0) is 15.3. The van der Waals surface area contributed by atoms with E-state index in [4.69, 9.17) is 4.74 Å². The summed E-state index contributed by atoms with van der Waals surface area (Å²) in [6, 6.07) is 7.63. The van der Waals surface area contributed by atoms with E-state index in [1.165, 1.54) is 0 Å². The number of ether oxygens (including phenoxy) is 1. The van der Waals surface area contributed by atoms with Gasteiger partial charge < -0.3 is 4.74 Å². The standard InChI is InChI=1S/C17H23FN2O/c1-3-20-17(12-19)10-5-7-14(17)9-11-21-15-8-4-6-13(2)16(15)18/h4,6,8,14,20H,3,5,7,9-11H2,1-2H3. The minimum atomic E-state index is -0.427. The number of benzene rings is 1. The van der Waals surface area contributed by atoms with E-state index >= 15 is 0 Å². The van der Waals surface area contributed by atoms with Crippen LogP contribution in [-0.2, 0) is 0 Å². The molecule has 0 radical (unpaired) electrons. The Morgan fingerprint density at radius 1 is 1.52 bits per heavy atom. The number of nitriles is 1. The molecular formula is C17H23FN2O. The molecule has 0 amide bonds. The van der Waals surface area contributed by atoms with Gasteiger partial charge in [-0.1, -0.05) is 25.5 Å². The van der Waals surface area contributed by atoms with Crippen LogP contribution in [0.4, 0.5) is 4.39 Å². The summed E-state index contributed by atoms with van der Waals surface area (Å²) >= 11 is 0. The van der Waals surface area contributed by atoms with Crippen LogP contribution in [0.3, 0.4) is 0 Å². The predicted octanol–water partition coefficient (Wildman–Crippen LogP) is 3.58. The smallest absolute Gasteiger partial charge is 0.167 e. The number of aryl methyl sites for hydroxylation is 1. The van der Waals surface area contributed by atoms with Crippen LogP contribution >= 0.6 is 0 Å². The Bertz CT molecular complexity index is 526. The Labute approximate surface area is 126 Å². The van der Waals surface area contributed by atoms with Gasteiger partial charge in [-0.2, -0.15) is 5.26 Å². The van der Waals surface area contributed by atoms with Crippen molar-refractivity contribution in [1.82, 2.24) is 5.32 Å². The van der Waals surface area contributed by atoms with Gasteiger partial charge in [-0.25, -0.2) is 4.39 Å². The highest BCUT2D eigenvalue weighted by Crippen LogP contribution is 2.37. The first kappa shape index (κ1) is 15.8. The second-order valence-corrected chi connectivity index (χ2v) is 5.73. The maximum atomic E-state index is 13.9. The minimum absolute atomic E-state index is 0.273. The maximum Gasteiger partial charge on any atom is 0.167 e. The maximum absolute atomic E-state index is 13.9. The third kappa shape index (κ3) is 3.36. The molecule has 3 nitrogen and oxygen atoms in total. The van der Waals surface area contributed by atoms with E-state index < -0.39 is 5.54 Å². The van der Waals surface area contributed by atoms with Gasteiger partial charge in [0.2, 0.25) is 0 Å². The van der Waals surface area contributed by atoms with Gasteiger partial charge in [0, 0.05) is 0 Å². The number of nitrogens with zero attached hydrogens (tertiary/aromatic N) is 1. The first-order chi connectivity index (χ1) is 10.1. The molecule has 1 aromatic rings. The second kappa shape index (κ2) is 6.91. The highest BCUT2D eigenvalue weighted by atomic mass is 19.1. The van der Waals surface area contributed by atoms with Gasteiger partial charge in [-0.3, -0.25) is 5.32 Å². The number of hydrogen-bond acceptors (Lipinski definition) is 3. The van der Waals surface area contributed by atoms with E-state index in [1.54, 1.807) is 25.1 Å². The minimum Gasteiger partial charge on any atom is -0.490 e. The van der Waals surface area contributed by atoms with Crippen molar-refractivity contribution in [2.75, 3.05) is 13.2 Å². The van der Waals surface area contributed by atoms with Crippen LogP contribution in [0.15, 0.2) is 18.2 Å². The van der Waals surface area contributed by atoms with Crippen LogP contribution in [-0.4, -0.2) is 18.7 Å². The average molecular weight is 290 g/mol. The molecular weight excluding hydrogens is 267 g/mol. The van der Waals surface area contributed by atoms with Crippen molar-refractivity contribution in [3.05, 3.63) is 29.6 Å². The highest BCUT2D eigenvalue weighted by molar-refractivity contribution is 5.30. The van der Waals surface area contributed by atoms with Crippen LogP contribution in [0.25, 0.3) is 0 Å². The number of nitrogens with one attached hydrogen (secondary N) is 1. The van der Waals surface area contributed by atoms with E-state index in [2.05, 4.69) is 11.4 Å². The molecule has 2 atom stereocenters. The topological polar surface area (TPSA) is 45.0 Å². The molecule has 1 aliphatic carbocycles. The van der Waals surface area contributed by atoms with Crippen molar-refractivity contribution >= 4 is 0 Å². The first-order valence-electron chi connectivity index (χ1n) is 7.67. The molecule has 0 aromatic heterocycles. The van der Waals surface area contributed by atoms with Crippen molar-refractivity contribution in [2.45, 2.75) is 45.1 Å². The monoisotopic (exact) mass is 290 g/mol. The Kier molecular flexibility index (Phi) is 5.19. The lowest BCUT2D eigenvalue weighted by Gasteiger charge is -2.29. The van der Waals surface area contributed by atoms with Crippen LogP contribution in [0.1, 0.15) is 38.2 Å². The molecule has 2 rings (SSSR count). The largest absolute Gasteiger partial charge is 0.490 e. The van der Waals surface area contributed by atoms with Gasteiger partial charge >= 0.3 is 0 Å². The molecule has 1 aromatic carbocycles. The average Bonchev–Trinajstić information content (AvgIpc) is 2.87. The summed E-state index contributed by atoms with van der Waals surface area (Å²) in [6.07, 6.45) is 3.75. The van der Waals surface area contributed by atoms with Gasteiger partial charge in [-0.05, 0) is 50.3 Å². The SMILES string of the molecule is CCNC1(C#N)CCCC1CCOc1cccc(C)c1F. The fourth-order valence-electron chi connectivity index (χ4n) is 3.25. The van der Waals surface area contributed by atoms with E-state index in [9.17, 15) is 9.65 Å². The lowest BCUT2D eigenvalue weighted by Crippen LogP contribution is -2.47. The normalized spacial score (nSPS) is 24.8. The first-order valence-corrected chi connectivity index (χ1v) is 7.67. The Balaban J connectivity index is 1.94. The molecule has 0 bridgehead atoms. The van der Waals surface area contributed by atoms with E-state index in [0.29, 0.717) is 17.9 Å². The molecule has 0 spiro atoms. The van der Waals surface area contributed by atoms with Crippen molar-refractivity contribution in [2.24, 2.45) is 5.92 Å². The molecule has 0 aliphatic heterocycles. The van der Waals surface area contributed by atoms with E-state index in [0.717, 1.165) is 32.2 Å². The molecule has 4 heteroatoms. The van der Waals surface area contributed by atoms with Gasteiger partial charge in [0.05, 0.1) is 12.7 Å². The van der Waals surface area contributed by atoms with E-state index in [1.807, 2.05) is 6.92 Å². The third-order valence-corrected chi connectivity index (χ3v) is 4.39. The molecule has 0 heterocycles. The molecule has 2 unspecified atom stereocenters. The summed E-state index contributed by atoms with van der Waals surface area (Å²) < 4.78 is 19.4. The second-order valence-electron chi connectivity index (χ2n) is 5.73. The van der Waals surface area contributed by atoms with Crippen molar-refractivity contribution in [1.29, 1.82) is 5.26 Å². The number of rotatable bonds is 6. The zero-order valence-corrected chi connectivity index (χ0v) is 12.8. The number of halogens is 1. The van der Waals surface area contributed by atoms with Crippen LogP contribution in [0.2, 0.25) is 0 Å². The zero-order valence-electron chi connectivity index (χ0n) is 12.8. The molecule has 1 aliphatic rings. The summed E-state index contributed by atoms with van der Waals surface area (Å²) in [5, 5.41) is 12.8. The van der Waals surface area contributed by atoms with Gasteiger partial charge in [0.1, 0.15) is 5.54 Å². The molecule has 0 saturated heterocycles.